The highest BCUT2D eigenvalue weighted by molar-refractivity contribution is 4.82. The minimum Gasteiger partial charge on any atom is -0.380 e. The first-order chi connectivity index (χ1) is 7.69. The van der Waals surface area contributed by atoms with Crippen molar-refractivity contribution in [1.29, 1.82) is 0 Å². The van der Waals surface area contributed by atoms with E-state index in [4.69, 9.17) is 4.74 Å². The predicted molar refractivity (Wildman–Crippen MR) is 68.8 cm³/mol. The van der Waals surface area contributed by atoms with Crippen molar-refractivity contribution < 1.29 is 4.74 Å². The third-order valence-corrected chi connectivity index (χ3v) is 3.71. The van der Waals surface area contributed by atoms with Crippen LogP contribution < -0.4 is 5.32 Å². The molecule has 1 heterocycles. The average Bonchev–Trinajstić information content (AvgIpc) is 2.30. The van der Waals surface area contributed by atoms with Gasteiger partial charge in [0.15, 0.2) is 0 Å². The zero-order chi connectivity index (χ0) is 12.0. The number of ether oxygens (including phenoxy) is 1. The van der Waals surface area contributed by atoms with E-state index in [0.29, 0.717) is 18.1 Å². The third-order valence-electron chi connectivity index (χ3n) is 3.71. The molecular weight excluding hydrogens is 200 g/mol. The van der Waals surface area contributed by atoms with Gasteiger partial charge in [0.1, 0.15) is 0 Å². The van der Waals surface area contributed by atoms with E-state index >= 15 is 0 Å². The Kier molecular flexibility index (Phi) is 6.32. The second kappa shape index (κ2) is 7.25. The lowest BCUT2D eigenvalue weighted by Crippen LogP contribution is -2.50. The Morgan fingerprint density at radius 1 is 1.50 bits per heavy atom. The molecule has 0 aliphatic carbocycles. The highest BCUT2D eigenvalue weighted by Gasteiger charge is 2.28. The second-order valence-corrected chi connectivity index (χ2v) is 5.09. The number of hydrogen-bond acceptors (Lipinski definition) is 3. The highest BCUT2D eigenvalue weighted by Crippen LogP contribution is 2.20. The van der Waals surface area contributed by atoms with E-state index in [9.17, 15) is 0 Å². The van der Waals surface area contributed by atoms with Gasteiger partial charge in [-0.15, -0.1) is 0 Å². The molecule has 0 aromatic carbocycles. The van der Waals surface area contributed by atoms with Crippen molar-refractivity contribution in [1.82, 2.24) is 10.2 Å². The van der Waals surface area contributed by atoms with Gasteiger partial charge in [-0.05, 0) is 38.8 Å². The number of nitrogens with zero attached hydrogens (tertiary/aromatic N) is 1. The van der Waals surface area contributed by atoms with Crippen LogP contribution in [0.3, 0.4) is 0 Å². The van der Waals surface area contributed by atoms with E-state index in [2.05, 4.69) is 31.0 Å². The van der Waals surface area contributed by atoms with Crippen LogP contribution in [0.15, 0.2) is 0 Å². The summed E-state index contributed by atoms with van der Waals surface area (Å²) < 4.78 is 5.55. The Balaban J connectivity index is 2.30. The van der Waals surface area contributed by atoms with Crippen LogP contribution in [0.4, 0.5) is 0 Å². The lowest BCUT2D eigenvalue weighted by Gasteiger charge is -2.39. The summed E-state index contributed by atoms with van der Waals surface area (Å²) >= 11 is 0. The van der Waals surface area contributed by atoms with Crippen LogP contribution in [0, 0.1) is 5.92 Å². The highest BCUT2D eigenvalue weighted by atomic mass is 16.5. The Hall–Kier alpha value is -0.120. The molecule has 1 aliphatic heterocycles. The predicted octanol–water partition coefficient (Wildman–Crippen LogP) is 1.73. The van der Waals surface area contributed by atoms with Gasteiger partial charge in [0.2, 0.25) is 0 Å². The van der Waals surface area contributed by atoms with E-state index in [1.807, 2.05) is 7.11 Å². The summed E-state index contributed by atoms with van der Waals surface area (Å²) in [6.45, 7) is 11.3. The van der Waals surface area contributed by atoms with Crippen LogP contribution in [-0.2, 0) is 4.74 Å². The Morgan fingerprint density at radius 3 is 2.88 bits per heavy atom. The Labute approximate surface area is 101 Å². The molecule has 3 nitrogen and oxygen atoms in total. The van der Waals surface area contributed by atoms with Gasteiger partial charge in [-0.3, -0.25) is 4.90 Å². The molecule has 3 unspecified atom stereocenters. The van der Waals surface area contributed by atoms with Gasteiger partial charge in [-0.1, -0.05) is 13.8 Å². The fraction of sp³-hybridized carbons (Fsp3) is 1.00. The summed E-state index contributed by atoms with van der Waals surface area (Å²) in [6, 6.07) is 0.622. The van der Waals surface area contributed by atoms with Crippen molar-refractivity contribution in [2.75, 3.05) is 33.3 Å². The fourth-order valence-electron chi connectivity index (χ4n) is 2.38. The molecule has 0 aromatic rings. The van der Waals surface area contributed by atoms with Crippen LogP contribution in [0.2, 0.25) is 0 Å². The van der Waals surface area contributed by atoms with Crippen molar-refractivity contribution in [2.24, 2.45) is 5.92 Å². The number of piperidine rings is 1. The number of nitrogens with one attached hydrogen (secondary N) is 1. The maximum Gasteiger partial charge on any atom is 0.0724 e. The summed E-state index contributed by atoms with van der Waals surface area (Å²) in [5.41, 5.74) is 0. The van der Waals surface area contributed by atoms with Gasteiger partial charge in [0.05, 0.1) is 6.10 Å². The maximum absolute atomic E-state index is 5.55. The smallest absolute Gasteiger partial charge is 0.0724 e. The third kappa shape index (κ3) is 4.04. The Morgan fingerprint density at radius 2 is 2.25 bits per heavy atom. The van der Waals surface area contributed by atoms with E-state index in [1.54, 1.807) is 0 Å². The van der Waals surface area contributed by atoms with Gasteiger partial charge in [0, 0.05) is 26.2 Å². The number of rotatable bonds is 6. The quantitative estimate of drug-likeness (QED) is 0.701. The topological polar surface area (TPSA) is 24.5 Å². The average molecular weight is 228 g/mol. The van der Waals surface area contributed by atoms with Crippen molar-refractivity contribution in [2.45, 2.75) is 45.8 Å². The van der Waals surface area contributed by atoms with Crippen molar-refractivity contribution >= 4 is 0 Å². The zero-order valence-corrected chi connectivity index (χ0v) is 11.3. The first kappa shape index (κ1) is 13.9. The first-order valence-electron chi connectivity index (χ1n) is 6.66. The van der Waals surface area contributed by atoms with Crippen molar-refractivity contribution in [3.05, 3.63) is 0 Å². The molecule has 0 spiro atoms. The molecule has 3 atom stereocenters. The summed E-state index contributed by atoms with van der Waals surface area (Å²) in [6.07, 6.45) is 2.89. The molecule has 1 fully saturated rings. The largest absolute Gasteiger partial charge is 0.380 e. The zero-order valence-electron chi connectivity index (χ0n) is 11.3. The molecule has 1 saturated heterocycles. The van der Waals surface area contributed by atoms with Gasteiger partial charge < -0.3 is 10.1 Å². The van der Waals surface area contributed by atoms with E-state index in [1.165, 1.54) is 19.4 Å². The fourth-order valence-corrected chi connectivity index (χ4v) is 2.38. The van der Waals surface area contributed by atoms with Crippen LogP contribution in [-0.4, -0.2) is 50.3 Å². The van der Waals surface area contributed by atoms with Gasteiger partial charge >= 0.3 is 0 Å². The number of likely N-dealkylation sites (tertiary alicyclic amines) is 1. The monoisotopic (exact) mass is 228 g/mol. The lowest BCUT2D eigenvalue weighted by molar-refractivity contribution is -0.0164. The maximum atomic E-state index is 5.55. The molecule has 1 rings (SSSR count). The minimum atomic E-state index is 0.419. The van der Waals surface area contributed by atoms with E-state index in [-0.39, 0.29) is 0 Å². The first-order valence-corrected chi connectivity index (χ1v) is 6.66. The van der Waals surface area contributed by atoms with Crippen molar-refractivity contribution in [3.8, 4) is 0 Å². The number of methoxy groups -OCH3 is 1. The molecule has 0 radical (unpaired) electrons. The minimum absolute atomic E-state index is 0.419. The summed E-state index contributed by atoms with van der Waals surface area (Å²) in [5, 5.41) is 3.49. The molecule has 3 heteroatoms. The van der Waals surface area contributed by atoms with Crippen molar-refractivity contribution in [3.63, 3.8) is 0 Å². The summed E-state index contributed by atoms with van der Waals surface area (Å²) in [5.74, 6) is 0.706. The molecule has 0 aromatic heterocycles. The summed E-state index contributed by atoms with van der Waals surface area (Å²) in [4.78, 5) is 2.55. The lowest BCUT2D eigenvalue weighted by atomic mass is 9.95. The summed E-state index contributed by atoms with van der Waals surface area (Å²) in [7, 11) is 1.84. The normalized spacial score (nSPS) is 29.2. The molecular formula is C13H28N2O. The van der Waals surface area contributed by atoms with Crippen LogP contribution >= 0.6 is 0 Å². The molecule has 0 bridgehead atoms. The van der Waals surface area contributed by atoms with Crippen LogP contribution in [0.1, 0.15) is 33.6 Å². The molecule has 1 aliphatic rings. The number of hydrogen-bond donors (Lipinski definition) is 1. The standard InChI is InChI=1S/C13H28N2O/c1-5-7-14-9-12(3)15-8-6-11(2)13(10-15)16-4/h11-14H,5-10H2,1-4H3. The molecule has 96 valence electrons. The molecule has 16 heavy (non-hydrogen) atoms. The van der Waals surface area contributed by atoms with E-state index < -0.39 is 0 Å². The molecule has 0 saturated carbocycles. The SMILES string of the molecule is CCCNCC(C)N1CCC(C)C(OC)C1. The Bertz CT molecular complexity index is 187. The van der Waals surface area contributed by atoms with Gasteiger partial charge in [-0.25, -0.2) is 0 Å². The van der Waals surface area contributed by atoms with Gasteiger partial charge in [0.25, 0.3) is 0 Å². The van der Waals surface area contributed by atoms with Crippen LogP contribution in [0.5, 0.6) is 0 Å². The van der Waals surface area contributed by atoms with E-state index in [0.717, 1.165) is 19.6 Å². The second-order valence-electron chi connectivity index (χ2n) is 5.09. The molecule has 0 amide bonds. The van der Waals surface area contributed by atoms with Gasteiger partial charge in [-0.2, -0.15) is 0 Å². The van der Waals surface area contributed by atoms with Crippen LogP contribution in [0.25, 0.3) is 0 Å². The molecule has 1 N–H and O–H groups in total.